The Morgan fingerprint density at radius 2 is 2.26 bits per heavy atom. The molecule has 0 saturated heterocycles. The van der Waals surface area contributed by atoms with Crippen LogP contribution in [0.15, 0.2) is 30.7 Å². The molecule has 27 heavy (non-hydrogen) atoms. The van der Waals surface area contributed by atoms with Crippen molar-refractivity contribution < 1.29 is 13.6 Å². The van der Waals surface area contributed by atoms with E-state index >= 15 is 0 Å². The number of hydrogen-bond donors (Lipinski definition) is 2. The van der Waals surface area contributed by atoms with E-state index in [1.807, 2.05) is 0 Å². The average Bonchev–Trinajstić information content (AvgIpc) is 3.02. The fourth-order valence-corrected chi connectivity index (χ4v) is 3.95. The summed E-state index contributed by atoms with van der Waals surface area (Å²) in [6.45, 7) is 0.434. The van der Waals surface area contributed by atoms with Crippen molar-refractivity contribution >= 4 is 5.91 Å². The normalized spacial score (nSPS) is 19.6. The van der Waals surface area contributed by atoms with Gasteiger partial charge in [-0.05, 0) is 30.9 Å². The summed E-state index contributed by atoms with van der Waals surface area (Å²) in [6, 6.07) is 3.41. The highest BCUT2D eigenvalue weighted by molar-refractivity contribution is 5.94. The molecular weight excluding hydrogens is 352 g/mol. The van der Waals surface area contributed by atoms with Gasteiger partial charge < -0.3 is 10.3 Å². The van der Waals surface area contributed by atoms with Crippen molar-refractivity contribution in [2.45, 2.75) is 25.2 Å². The van der Waals surface area contributed by atoms with Crippen LogP contribution < -0.4 is 5.32 Å². The van der Waals surface area contributed by atoms with Crippen LogP contribution >= 0.6 is 0 Å². The number of H-pyrrole nitrogens is 1. The number of aromatic amines is 1. The van der Waals surface area contributed by atoms with Gasteiger partial charge in [0, 0.05) is 36.7 Å². The molecule has 1 amide bonds. The molecule has 0 bridgehead atoms. The lowest BCUT2D eigenvalue weighted by Crippen LogP contribution is -2.27. The molecule has 2 aromatic heterocycles. The standard InChI is InChI=1S/C19H17F2N5O/c20-11-1-2-16(15(21)7-11)26-18-13-5-10(13)6-14(18)17(25-26)19(27)23-4-3-12-8-22-9-24-12/h1-2,7-10,13H,3-6H2,(H,22,24)(H,23,27)/t10-,13-/m1/s1. The number of carbonyl (C=O) groups excluding carboxylic acids is 1. The Balaban J connectivity index is 1.44. The summed E-state index contributed by atoms with van der Waals surface area (Å²) >= 11 is 0. The summed E-state index contributed by atoms with van der Waals surface area (Å²) in [6.07, 6.45) is 5.79. The Labute approximate surface area is 153 Å². The summed E-state index contributed by atoms with van der Waals surface area (Å²) in [4.78, 5) is 19.7. The van der Waals surface area contributed by atoms with Gasteiger partial charge in [-0.3, -0.25) is 4.79 Å². The summed E-state index contributed by atoms with van der Waals surface area (Å²) < 4.78 is 29.1. The van der Waals surface area contributed by atoms with Crippen LogP contribution in [0, 0.1) is 17.6 Å². The number of hydrogen-bond acceptors (Lipinski definition) is 3. The maximum atomic E-state index is 14.3. The second-order valence-corrected chi connectivity index (χ2v) is 7.09. The quantitative estimate of drug-likeness (QED) is 0.726. The molecule has 0 unspecified atom stereocenters. The molecule has 0 radical (unpaired) electrons. The van der Waals surface area contributed by atoms with E-state index in [9.17, 15) is 13.6 Å². The first-order valence-corrected chi connectivity index (χ1v) is 8.95. The van der Waals surface area contributed by atoms with Crippen LogP contribution in [0.1, 0.15) is 39.8 Å². The zero-order valence-electron chi connectivity index (χ0n) is 14.4. The van der Waals surface area contributed by atoms with Crippen LogP contribution in [0.5, 0.6) is 0 Å². The number of fused-ring (bicyclic) bond motifs is 3. The first-order chi connectivity index (χ1) is 13.1. The molecule has 138 valence electrons. The van der Waals surface area contributed by atoms with Crippen LogP contribution in [0.4, 0.5) is 8.78 Å². The Bertz CT molecular complexity index is 1030. The Kier molecular flexibility index (Phi) is 3.60. The summed E-state index contributed by atoms with van der Waals surface area (Å²) in [5.41, 5.74) is 3.15. The van der Waals surface area contributed by atoms with Crippen LogP contribution in [-0.4, -0.2) is 32.2 Å². The molecular formula is C19H17F2N5O. The minimum Gasteiger partial charge on any atom is -0.351 e. The van der Waals surface area contributed by atoms with Crippen LogP contribution in [0.2, 0.25) is 0 Å². The van der Waals surface area contributed by atoms with Crippen LogP contribution in [-0.2, 0) is 12.8 Å². The number of imidazole rings is 1. The molecule has 0 aliphatic heterocycles. The van der Waals surface area contributed by atoms with E-state index < -0.39 is 11.6 Å². The molecule has 2 heterocycles. The monoisotopic (exact) mass is 369 g/mol. The summed E-state index contributed by atoms with van der Waals surface area (Å²) in [5.74, 6) is -0.786. The van der Waals surface area contributed by atoms with Gasteiger partial charge in [0.1, 0.15) is 11.5 Å². The average molecular weight is 369 g/mol. The predicted molar refractivity (Wildman–Crippen MR) is 92.7 cm³/mol. The van der Waals surface area contributed by atoms with Gasteiger partial charge in [-0.2, -0.15) is 5.10 Å². The first kappa shape index (κ1) is 16.2. The number of rotatable bonds is 5. The molecule has 1 fully saturated rings. The van der Waals surface area contributed by atoms with Crippen molar-refractivity contribution in [1.29, 1.82) is 0 Å². The molecule has 2 atom stereocenters. The minimum absolute atomic E-state index is 0.177. The third-order valence-corrected chi connectivity index (χ3v) is 5.34. The lowest BCUT2D eigenvalue weighted by molar-refractivity contribution is 0.0947. The van der Waals surface area contributed by atoms with Gasteiger partial charge in [0.05, 0.1) is 17.7 Å². The Morgan fingerprint density at radius 3 is 3.04 bits per heavy atom. The van der Waals surface area contributed by atoms with E-state index in [4.69, 9.17) is 0 Å². The van der Waals surface area contributed by atoms with E-state index in [-0.39, 0.29) is 11.6 Å². The molecule has 3 aromatic rings. The van der Waals surface area contributed by atoms with E-state index in [1.165, 1.54) is 16.8 Å². The summed E-state index contributed by atoms with van der Waals surface area (Å²) in [7, 11) is 0. The third kappa shape index (κ3) is 2.72. The Hall–Kier alpha value is -3.03. The number of aromatic nitrogens is 4. The molecule has 6 nitrogen and oxygen atoms in total. The fraction of sp³-hybridized carbons (Fsp3) is 0.316. The van der Waals surface area contributed by atoms with Crippen LogP contribution in [0.25, 0.3) is 5.69 Å². The first-order valence-electron chi connectivity index (χ1n) is 8.95. The van der Waals surface area contributed by atoms with Crippen molar-refractivity contribution in [3.05, 3.63) is 65.0 Å². The molecule has 1 saturated carbocycles. The van der Waals surface area contributed by atoms with Gasteiger partial charge in [-0.25, -0.2) is 18.4 Å². The molecule has 5 rings (SSSR count). The van der Waals surface area contributed by atoms with Crippen molar-refractivity contribution in [1.82, 2.24) is 25.1 Å². The topological polar surface area (TPSA) is 75.6 Å². The largest absolute Gasteiger partial charge is 0.351 e. The maximum Gasteiger partial charge on any atom is 0.272 e. The molecule has 2 aliphatic rings. The van der Waals surface area contributed by atoms with E-state index in [2.05, 4.69) is 20.4 Å². The summed E-state index contributed by atoms with van der Waals surface area (Å²) in [5, 5.41) is 7.27. The van der Waals surface area contributed by atoms with E-state index in [0.717, 1.165) is 35.9 Å². The second-order valence-electron chi connectivity index (χ2n) is 7.09. The van der Waals surface area contributed by atoms with Crippen molar-refractivity contribution in [2.75, 3.05) is 6.54 Å². The van der Waals surface area contributed by atoms with Crippen molar-refractivity contribution in [2.24, 2.45) is 5.92 Å². The molecule has 2 aliphatic carbocycles. The number of benzene rings is 1. The third-order valence-electron chi connectivity index (χ3n) is 5.34. The van der Waals surface area contributed by atoms with E-state index in [1.54, 1.807) is 12.5 Å². The predicted octanol–water partition coefficient (Wildman–Crippen LogP) is 2.51. The molecule has 1 aromatic carbocycles. The van der Waals surface area contributed by atoms with Gasteiger partial charge in [0.15, 0.2) is 11.5 Å². The van der Waals surface area contributed by atoms with Gasteiger partial charge >= 0.3 is 0 Å². The number of nitrogens with zero attached hydrogens (tertiary/aromatic N) is 3. The van der Waals surface area contributed by atoms with Gasteiger partial charge in [0.2, 0.25) is 0 Å². The lowest BCUT2D eigenvalue weighted by Gasteiger charge is -2.07. The SMILES string of the molecule is O=C(NCCc1c[nH]cn1)c1nn(-c2ccc(F)cc2F)c2c1C[C@H]1C[C@@H]21. The number of carbonyl (C=O) groups is 1. The second kappa shape index (κ2) is 6.00. The molecule has 0 spiro atoms. The van der Waals surface area contributed by atoms with E-state index in [0.29, 0.717) is 30.5 Å². The number of halogens is 2. The maximum absolute atomic E-state index is 14.3. The number of amides is 1. The van der Waals surface area contributed by atoms with Crippen molar-refractivity contribution in [3.63, 3.8) is 0 Å². The fourth-order valence-electron chi connectivity index (χ4n) is 3.95. The lowest BCUT2D eigenvalue weighted by atomic mass is 10.1. The van der Waals surface area contributed by atoms with Gasteiger partial charge in [0.25, 0.3) is 5.91 Å². The van der Waals surface area contributed by atoms with Gasteiger partial charge in [-0.1, -0.05) is 0 Å². The minimum atomic E-state index is -0.685. The Morgan fingerprint density at radius 1 is 1.37 bits per heavy atom. The smallest absolute Gasteiger partial charge is 0.272 e. The molecule has 2 N–H and O–H groups in total. The zero-order chi connectivity index (χ0) is 18.5. The zero-order valence-corrected chi connectivity index (χ0v) is 14.4. The van der Waals surface area contributed by atoms with Gasteiger partial charge in [-0.15, -0.1) is 0 Å². The van der Waals surface area contributed by atoms with Crippen molar-refractivity contribution in [3.8, 4) is 5.69 Å². The van der Waals surface area contributed by atoms with Crippen LogP contribution in [0.3, 0.4) is 0 Å². The molecule has 8 heteroatoms. The number of nitrogens with one attached hydrogen (secondary N) is 2. The highest BCUT2D eigenvalue weighted by Crippen LogP contribution is 2.57. The highest BCUT2D eigenvalue weighted by atomic mass is 19.1. The highest BCUT2D eigenvalue weighted by Gasteiger charge is 2.50.